The molecule has 0 fully saturated rings. The largest absolute Gasteiger partial charge is 0.380 e. The summed E-state index contributed by atoms with van der Waals surface area (Å²) >= 11 is 6.25. The van der Waals surface area contributed by atoms with Crippen LogP contribution in [-0.2, 0) is 6.54 Å². The number of nitrogens with zero attached hydrogens (tertiary/aromatic N) is 1. The summed E-state index contributed by atoms with van der Waals surface area (Å²) in [5, 5.41) is 6.66. The standard InChI is InChI=1S/C21H20ClN3O/c1-14-10-15(2)20(18(22)11-14)25-21(26)19-9-8-17(13-24-19)23-12-16-6-4-3-5-7-16/h3-11,13,23H,12H2,1-2H3,(H,25,26). The van der Waals surface area contributed by atoms with Gasteiger partial charge in [-0.3, -0.25) is 4.79 Å². The van der Waals surface area contributed by atoms with Crippen LogP contribution in [0, 0.1) is 13.8 Å². The zero-order valence-electron chi connectivity index (χ0n) is 14.7. The van der Waals surface area contributed by atoms with Gasteiger partial charge in [0.05, 0.1) is 22.6 Å². The molecule has 3 rings (SSSR count). The van der Waals surface area contributed by atoms with Crippen LogP contribution < -0.4 is 10.6 Å². The highest BCUT2D eigenvalue weighted by atomic mass is 35.5. The van der Waals surface area contributed by atoms with Gasteiger partial charge < -0.3 is 10.6 Å². The number of carbonyl (C=O) groups excluding carboxylic acids is 1. The van der Waals surface area contributed by atoms with Gasteiger partial charge in [0.2, 0.25) is 0 Å². The van der Waals surface area contributed by atoms with Crippen LogP contribution in [0.25, 0.3) is 0 Å². The smallest absolute Gasteiger partial charge is 0.274 e. The van der Waals surface area contributed by atoms with Gasteiger partial charge in [-0.05, 0) is 48.7 Å². The number of rotatable bonds is 5. The van der Waals surface area contributed by atoms with Gasteiger partial charge in [-0.25, -0.2) is 4.98 Å². The van der Waals surface area contributed by atoms with Gasteiger partial charge in [0.15, 0.2) is 0 Å². The highest BCUT2D eigenvalue weighted by Crippen LogP contribution is 2.27. The molecule has 0 radical (unpaired) electrons. The Hall–Kier alpha value is -2.85. The van der Waals surface area contributed by atoms with E-state index in [0.717, 1.165) is 16.8 Å². The van der Waals surface area contributed by atoms with Crippen LogP contribution in [0.15, 0.2) is 60.8 Å². The lowest BCUT2D eigenvalue weighted by atomic mass is 10.1. The van der Waals surface area contributed by atoms with Crippen molar-refractivity contribution in [2.45, 2.75) is 20.4 Å². The first-order valence-corrected chi connectivity index (χ1v) is 8.72. The fourth-order valence-electron chi connectivity index (χ4n) is 2.68. The molecule has 0 aliphatic heterocycles. The second-order valence-corrected chi connectivity index (χ2v) is 6.57. The topological polar surface area (TPSA) is 54.0 Å². The highest BCUT2D eigenvalue weighted by Gasteiger charge is 2.12. The molecule has 0 saturated carbocycles. The van der Waals surface area contributed by atoms with Crippen LogP contribution in [0.3, 0.4) is 0 Å². The average molecular weight is 366 g/mol. The highest BCUT2D eigenvalue weighted by molar-refractivity contribution is 6.34. The number of halogens is 1. The fourth-order valence-corrected chi connectivity index (χ4v) is 3.05. The van der Waals surface area contributed by atoms with Crippen molar-refractivity contribution in [3.63, 3.8) is 0 Å². The zero-order valence-corrected chi connectivity index (χ0v) is 15.5. The quantitative estimate of drug-likeness (QED) is 0.652. The minimum atomic E-state index is -0.284. The third-order valence-electron chi connectivity index (χ3n) is 4.01. The van der Waals surface area contributed by atoms with E-state index < -0.39 is 0 Å². The van der Waals surface area contributed by atoms with E-state index in [1.54, 1.807) is 12.3 Å². The van der Waals surface area contributed by atoms with Gasteiger partial charge >= 0.3 is 0 Å². The van der Waals surface area contributed by atoms with Crippen molar-refractivity contribution < 1.29 is 4.79 Å². The Morgan fingerprint density at radius 2 is 1.85 bits per heavy atom. The second kappa shape index (κ2) is 8.02. The monoisotopic (exact) mass is 365 g/mol. The Labute approximate surface area is 158 Å². The number of amides is 1. The van der Waals surface area contributed by atoms with E-state index >= 15 is 0 Å². The van der Waals surface area contributed by atoms with E-state index in [2.05, 4.69) is 27.8 Å². The second-order valence-electron chi connectivity index (χ2n) is 6.16. The lowest BCUT2D eigenvalue weighted by Gasteiger charge is -2.12. The number of nitrogens with one attached hydrogen (secondary N) is 2. The van der Waals surface area contributed by atoms with E-state index in [9.17, 15) is 4.79 Å². The molecule has 26 heavy (non-hydrogen) atoms. The summed E-state index contributed by atoms with van der Waals surface area (Å²) in [6, 6.07) is 17.4. The van der Waals surface area contributed by atoms with Crippen molar-refractivity contribution in [3.8, 4) is 0 Å². The first-order valence-electron chi connectivity index (χ1n) is 8.35. The van der Waals surface area contributed by atoms with Crippen molar-refractivity contribution in [2.24, 2.45) is 0 Å². The summed E-state index contributed by atoms with van der Waals surface area (Å²) in [5.74, 6) is -0.284. The van der Waals surface area contributed by atoms with E-state index in [0.29, 0.717) is 22.9 Å². The number of anilines is 2. The summed E-state index contributed by atoms with van der Waals surface area (Å²) in [6.45, 7) is 4.58. The minimum absolute atomic E-state index is 0.284. The van der Waals surface area contributed by atoms with Crippen molar-refractivity contribution in [2.75, 3.05) is 10.6 Å². The van der Waals surface area contributed by atoms with Gasteiger partial charge in [0.25, 0.3) is 5.91 Å². The van der Waals surface area contributed by atoms with Crippen LogP contribution in [-0.4, -0.2) is 10.9 Å². The number of pyridine rings is 1. The Kier molecular flexibility index (Phi) is 5.54. The Bertz CT molecular complexity index is 885. The molecule has 0 spiro atoms. The first kappa shape index (κ1) is 18.0. The summed E-state index contributed by atoms with van der Waals surface area (Å²) in [7, 11) is 0. The zero-order chi connectivity index (χ0) is 18.5. The van der Waals surface area contributed by atoms with Crippen molar-refractivity contribution in [3.05, 3.63) is 88.2 Å². The normalized spacial score (nSPS) is 10.4. The minimum Gasteiger partial charge on any atom is -0.380 e. The van der Waals surface area contributed by atoms with E-state index in [1.165, 1.54) is 5.56 Å². The van der Waals surface area contributed by atoms with Crippen molar-refractivity contribution >= 4 is 28.9 Å². The van der Waals surface area contributed by atoms with Crippen LogP contribution in [0.1, 0.15) is 27.2 Å². The predicted molar refractivity (Wildman–Crippen MR) is 107 cm³/mol. The molecule has 132 valence electrons. The summed E-state index contributed by atoms with van der Waals surface area (Å²) in [6.07, 6.45) is 1.65. The number of aromatic nitrogens is 1. The Morgan fingerprint density at radius 3 is 2.50 bits per heavy atom. The molecular weight excluding hydrogens is 346 g/mol. The molecule has 0 aliphatic rings. The van der Waals surface area contributed by atoms with Gasteiger partial charge in [-0.15, -0.1) is 0 Å². The van der Waals surface area contributed by atoms with Gasteiger partial charge in [0.1, 0.15) is 5.69 Å². The van der Waals surface area contributed by atoms with Crippen LogP contribution in [0.2, 0.25) is 5.02 Å². The molecular formula is C21H20ClN3O. The number of hydrogen-bond acceptors (Lipinski definition) is 3. The van der Waals surface area contributed by atoms with Crippen LogP contribution >= 0.6 is 11.6 Å². The Morgan fingerprint density at radius 1 is 1.08 bits per heavy atom. The van der Waals surface area contributed by atoms with Crippen LogP contribution in [0.4, 0.5) is 11.4 Å². The van der Waals surface area contributed by atoms with Crippen molar-refractivity contribution in [1.82, 2.24) is 4.98 Å². The molecule has 0 saturated heterocycles. The van der Waals surface area contributed by atoms with Gasteiger partial charge in [-0.2, -0.15) is 0 Å². The third-order valence-corrected chi connectivity index (χ3v) is 4.30. The van der Waals surface area contributed by atoms with E-state index in [4.69, 9.17) is 11.6 Å². The first-order chi connectivity index (χ1) is 12.5. The number of carbonyl (C=O) groups is 1. The van der Waals surface area contributed by atoms with E-state index in [1.807, 2.05) is 50.2 Å². The molecule has 5 heteroatoms. The molecule has 1 amide bonds. The molecule has 2 aromatic carbocycles. The molecule has 0 atom stereocenters. The summed E-state index contributed by atoms with van der Waals surface area (Å²) < 4.78 is 0. The maximum Gasteiger partial charge on any atom is 0.274 e. The van der Waals surface area contributed by atoms with Gasteiger partial charge in [0, 0.05) is 6.54 Å². The predicted octanol–water partition coefficient (Wildman–Crippen LogP) is 5.22. The third kappa shape index (κ3) is 4.41. The van der Waals surface area contributed by atoms with Gasteiger partial charge in [-0.1, -0.05) is 48.0 Å². The molecule has 3 aromatic rings. The molecule has 0 bridgehead atoms. The lowest BCUT2D eigenvalue weighted by molar-refractivity contribution is 0.102. The number of benzene rings is 2. The number of aryl methyl sites for hydroxylation is 2. The van der Waals surface area contributed by atoms with Crippen molar-refractivity contribution in [1.29, 1.82) is 0 Å². The average Bonchev–Trinajstić information content (AvgIpc) is 2.64. The molecule has 0 aliphatic carbocycles. The fraction of sp³-hybridized carbons (Fsp3) is 0.143. The molecule has 1 aromatic heterocycles. The summed E-state index contributed by atoms with van der Waals surface area (Å²) in [4.78, 5) is 16.7. The van der Waals surface area contributed by atoms with E-state index in [-0.39, 0.29) is 5.91 Å². The lowest BCUT2D eigenvalue weighted by Crippen LogP contribution is -2.15. The summed E-state index contributed by atoms with van der Waals surface area (Å²) in [5.41, 5.74) is 4.97. The molecule has 2 N–H and O–H groups in total. The molecule has 1 heterocycles. The Balaban J connectivity index is 1.66. The number of hydrogen-bond donors (Lipinski definition) is 2. The molecule has 0 unspecified atom stereocenters. The SMILES string of the molecule is Cc1cc(C)c(NC(=O)c2ccc(NCc3ccccc3)cn2)c(Cl)c1. The maximum absolute atomic E-state index is 12.4. The molecule has 4 nitrogen and oxygen atoms in total. The maximum atomic E-state index is 12.4. The van der Waals surface area contributed by atoms with Crippen LogP contribution in [0.5, 0.6) is 0 Å².